The van der Waals surface area contributed by atoms with Gasteiger partial charge in [0.2, 0.25) is 0 Å². The van der Waals surface area contributed by atoms with E-state index >= 15 is 0 Å². The van der Waals surface area contributed by atoms with Gasteiger partial charge >= 0.3 is 0 Å². The van der Waals surface area contributed by atoms with Crippen LogP contribution in [0.3, 0.4) is 0 Å². The van der Waals surface area contributed by atoms with Crippen molar-refractivity contribution in [2.24, 2.45) is 0 Å². The van der Waals surface area contributed by atoms with Crippen LogP contribution in [0.15, 0.2) is 48.5 Å². The highest BCUT2D eigenvalue weighted by Gasteiger charge is 2.27. The lowest BCUT2D eigenvalue weighted by atomic mass is 10.0. The molecule has 24 heavy (non-hydrogen) atoms. The molecule has 0 saturated carbocycles. The van der Waals surface area contributed by atoms with Gasteiger partial charge in [-0.15, -0.1) is 0 Å². The quantitative estimate of drug-likeness (QED) is 0.875. The van der Waals surface area contributed by atoms with E-state index in [4.69, 9.17) is 4.74 Å². The van der Waals surface area contributed by atoms with Crippen LogP contribution in [0.2, 0.25) is 0 Å². The lowest BCUT2D eigenvalue weighted by molar-refractivity contribution is 0.0638. The maximum Gasteiger partial charge on any atom is 0.119 e. The lowest BCUT2D eigenvalue weighted by Crippen LogP contribution is -2.35. The Balaban J connectivity index is 1.55. The molecule has 128 valence electrons. The van der Waals surface area contributed by atoms with Crippen LogP contribution in [0, 0.1) is 13.8 Å². The van der Waals surface area contributed by atoms with E-state index in [9.17, 15) is 5.11 Å². The highest BCUT2D eigenvalue weighted by molar-refractivity contribution is 5.33. The molecule has 0 amide bonds. The third-order valence-electron chi connectivity index (χ3n) is 4.63. The van der Waals surface area contributed by atoms with Crippen LogP contribution >= 0.6 is 0 Å². The number of hydrogen-bond acceptors (Lipinski definition) is 3. The van der Waals surface area contributed by atoms with Crippen LogP contribution in [0.5, 0.6) is 5.75 Å². The van der Waals surface area contributed by atoms with Gasteiger partial charge in [-0.25, -0.2) is 0 Å². The summed E-state index contributed by atoms with van der Waals surface area (Å²) in [7, 11) is 0. The van der Waals surface area contributed by atoms with E-state index in [0.717, 1.165) is 18.7 Å². The van der Waals surface area contributed by atoms with Crippen molar-refractivity contribution in [2.45, 2.75) is 38.8 Å². The summed E-state index contributed by atoms with van der Waals surface area (Å²) in [6.45, 7) is 6.15. The number of nitrogens with zero attached hydrogens (tertiary/aromatic N) is 1. The monoisotopic (exact) mass is 325 g/mol. The Hall–Kier alpha value is -1.84. The molecular weight excluding hydrogens is 298 g/mol. The van der Waals surface area contributed by atoms with Crippen LogP contribution < -0.4 is 4.74 Å². The average molecular weight is 325 g/mol. The fourth-order valence-corrected chi connectivity index (χ4v) is 3.63. The molecule has 1 fully saturated rings. The molecule has 1 heterocycles. The van der Waals surface area contributed by atoms with Gasteiger partial charge < -0.3 is 9.84 Å². The zero-order valence-electron chi connectivity index (χ0n) is 14.6. The van der Waals surface area contributed by atoms with Gasteiger partial charge in [-0.2, -0.15) is 0 Å². The van der Waals surface area contributed by atoms with Gasteiger partial charge in [0.1, 0.15) is 18.5 Å². The summed E-state index contributed by atoms with van der Waals surface area (Å²) in [5.74, 6) is 0.840. The Labute approximate surface area is 144 Å². The highest BCUT2D eigenvalue weighted by Crippen LogP contribution is 2.31. The number of aryl methyl sites for hydroxylation is 2. The van der Waals surface area contributed by atoms with Crippen molar-refractivity contribution in [3.05, 3.63) is 65.2 Å². The standard InChI is InChI=1S/C21H27NO2/c1-16-11-17(2)13-20(12-16)24-15-19(23)14-22-10-6-9-21(22)18-7-4-3-5-8-18/h3-5,7-8,11-13,19,21,23H,6,9-10,14-15H2,1-2H3. The highest BCUT2D eigenvalue weighted by atomic mass is 16.5. The average Bonchev–Trinajstić information content (AvgIpc) is 3.01. The number of aliphatic hydroxyl groups excluding tert-OH is 1. The Morgan fingerprint density at radius 3 is 2.54 bits per heavy atom. The minimum absolute atomic E-state index is 0.334. The smallest absolute Gasteiger partial charge is 0.119 e. The molecule has 2 unspecified atom stereocenters. The molecule has 3 heteroatoms. The fraction of sp³-hybridized carbons (Fsp3) is 0.429. The van der Waals surface area contributed by atoms with Crippen molar-refractivity contribution < 1.29 is 9.84 Å². The maximum absolute atomic E-state index is 10.4. The third kappa shape index (κ3) is 4.37. The molecule has 2 aromatic rings. The van der Waals surface area contributed by atoms with Gasteiger partial charge in [-0.3, -0.25) is 4.90 Å². The molecule has 3 rings (SSSR count). The van der Waals surface area contributed by atoms with Gasteiger partial charge in [0.05, 0.1) is 0 Å². The summed E-state index contributed by atoms with van der Waals surface area (Å²) in [4.78, 5) is 2.38. The minimum Gasteiger partial charge on any atom is -0.491 e. The molecule has 1 N–H and O–H groups in total. The molecule has 1 aliphatic rings. The number of rotatable bonds is 6. The normalized spacial score (nSPS) is 19.4. The first kappa shape index (κ1) is 17.0. The molecule has 0 aromatic heterocycles. The fourth-order valence-electron chi connectivity index (χ4n) is 3.63. The molecule has 0 bridgehead atoms. The number of likely N-dealkylation sites (tertiary alicyclic amines) is 1. The van der Waals surface area contributed by atoms with Crippen molar-refractivity contribution in [1.29, 1.82) is 0 Å². The second kappa shape index (κ2) is 7.82. The first-order valence-corrected chi connectivity index (χ1v) is 8.80. The second-order valence-electron chi connectivity index (χ2n) is 6.85. The summed E-state index contributed by atoms with van der Waals surface area (Å²) in [5.41, 5.74) is 3.71. The zero-order valence-corrected chi connectivity index (χ0v) is 14.6. The zero-order chi connectivity index (χ0) is 16.9. The molecule has 2 aromatic carbocycles. The number of aliphatic hydroxyl groups is 1. The Bertz CT molecular complexity index is 636. The van der Waals surface area contributed by atoms with E-state index in [2.05, 4.69) is 55.1 Å². The molecule has 0 aliphatic carbocycles. The predicted octanol–water partition coefficient (Wildman–Crippen LogP) is 3.88. The van der Waals surface area contributed by atoms with Crippen LogP contribution in [0.4, 0.5) is 0 Å². The van der Waals surface area contributed by atoms with E-state index in [0.29, 0.717) is 19.2 Å². The summed E-state index contributed by atoms with van der Waals surface area (Å²) >= 11 is 0. The Morgan fingerprint density at radius 2 is 1.83 bits per heavy atom. The number of hydrogen-bond donors (Lipinski definition) is 1. The van der Waals surface area contributed by atoms with Crippen molar-refractivity contribution >= 4 is 0 Å². The summed E-state index contributed by atoms with van der Waals surface area (Å²) in [6, 6.07) is 17.2. The van der Waals surface area contributed by atoms with E-state index < -0.39 is 6.10 Å². The van der Waals surface area contributed by atoms with Crippen LogP contribution in [0.1, 0.15) is 35.6 Å². The topological polar surface area (TPSA) is 32.7 Å². The van der Waals surface area contributed by atoms with Crippen LogP contribution in [-0.2, 0) is 0 Å². The number of ether oxygens (including phenoxy) is 1. The Morgan fingerprint density at radius 1 is 1.12 bits per heavy atom. The second-order valence-corrected chi connectivity index (χ2v) is 6.85. The minimum atomic E-state index is -0.477. The van der Waals surface area contributed by atoms with Crippen molar-refractivity contribution in [3.63, 3.8) is 0 Å². The van der Waals surface area contributed by atoms with Gasteiger partial charge in [0.25, 0.3) is 0 Å². The van der Waals surface area contributed by atoms with E-state index in [1.54, 1.807) is 0 Å². The molecule has 2 atom stereocenters. The summed E-state index contributed by atoms with van der Waals surface area (Å²) < 4.78 is 5.80. The molecule has 3 nitrogen and oxygen atoms in total. The van der Waals surface area contributed by atoms with Gasteiger partial charge in [0, 0.05) is 12.6 Å². The van der Waals surface area contributed by atoms with Gasteiger partial charge in [0.15, 0.2) is 0 Å². The van der Waals surface area contributed by atoms with Gasteiger partial charge in [-0.05, 0) is 62.1 Å². The van der Waals surface area contributed by atoms with Crippen molar-refractivity contribution in [2.75, 3.05) is 19.7 Å². The number of β-amino-alcohol motifs (C(OH)–C–C–N with tert-alkyl or cyclic N) is 1. The molecule has 1 saturated heterocycles. The van der Waals surface area contributed by atoms with Crippen LogP contribution in [-0.4, -0.2) is 35.8 Å². The van der Waals surface area contributed by atoms with Gasteiger partial charge in [-0.1, -0.05) is 36.4 Å². The first-order valence-electron chi connectivity index (χ1n) is 8.80. The predicted molar refractivity (Wildman–Crippen MR) is 97.4 cm³/mol. The molecule has 0 radical (unpaired) electrons. The van der Waals surface area contributed by atoms with E-state index in [1.807, 2.05) is 12.1 Å². The molecule has 1 aliphatic heterocycles. The largest absolute Gasteiger partial charge is 0.491 e. The van der Waals surface area contributed by atoms with E-state index in [-0.39, 0.29) is 0 Å². The SMILES string of the molecule is Cc1cc(C)cc(OCC(O)CN2CCCC2c2ccccc2)c1. The first-order chi connectivity index (χ1) is 11.6. The Kier molecular flexibility index (Phi) is 5.54. The van der Waals surface area contributed by atoms with Crippen molar-refractivity contribution in [1.82, 2.24) is 4.90 Å². The third-order valence-corrected chi connectivity index (χ3v) is 4.63. The maximum atomic E-state index is 10.4. The molecular formula is C21H27NO2. The summed E-state index contributed by atoms with van der Waals surface area (Å²) in [6.07, 6.45) is 1.87. The lowest BCUT2D eigenvalue weighted by Gasteiger charge is -2.27. The number of benzene rings is 2. The molecule has 0 spiro atoms. The van der Waals surface area contributed by atoms with Crippen LogP contribution in [0.25, 0.3) is 0 Å². The van der Waals surface area contributed by atoms with E-state index in [1.165, 1.54) is 23.1 Å². The summed E-state index contributed by atoms with van der Waals surface area (Å²) in [5, 5.41) is 10.4. The van der Waals surface area contributed by atoms with Crippen molar-refractivity contribution in [3.8, 4) is 5.75 Å².